The van der Waals surface area contributed by atoms with Crippen LogP contribution in [0, 0.1) is 0 Å². The zero-order valence-electron chi connectivity index (χ0n) is 17.7. The lowest BCUT2D eigenvalue weighted by Gasteiger charge is -2.20. The van der Waals surface area contributed by atoms with Gasteiger partial charge in [-0.3, -0.25) is 9.10 Å². The molecule has 0 spiro atoms. The monoisotopic (exact) mass is 498 g/mol. The highest BCUT2D eigenvalue weighted by Crippen LogP contribution is 2.30. The number of carbonyl (C=O) groups is 1. The van der Waals surface area contributed by atoms with Gasteiger partial charge in [-0.05, 0) is 60.3 Å². The molecule has 3 rings (SSSR count). The topological polar surface area (TPSA) is 75.7 Å². The largest absolute Gasteiger partial charge is 0.494 e. The van der Waals surface area contributed by atoms with Crippen molar-refractivity contribution in [1.29, 1.82) is 0 Å². The number of halogens is 3. The average molecular weight is 499 g/mol. The van der Waals surface area contributed by atoms with Crippen LogP contribution in [-0.4, -0.2) is 28.0 Å². The summed E-state index contributed by atoms with van der Waals surface area (Å²) >= 11 is 0.960. The second kappa shape index (κ2) is 9.84. The molecule has 1 amide bonds. The standard InChI is InChI=1S/C22H21F3N2O4S2/c1-3-31-18-10-8-17(9-11-18)27(2)33(29,30)19-12-13-32-20(19)21(28)26-14-15-4-6-16(7-5-15)22(23,24)25/h4-13H,3,14H2,1-2H3,(H,26,28). The summed E-state index contributed by atoms with van der Waals surface area (Å²) in [6, 6.07) is 12.2. The number of amides is 1. The number of rotatable bonds is 8. The summed E-state index contributed by atoms with van der Waals surface area (Å²) in [4.78, 5) is 12.5. The summed E-state index contributed by atoms with van der Waals surface area (Å²) in [5.41, 5.74) is 0.0473. The third-order valence-electron chi connectivity index (χ3n) is 4.72. The lowest BCUT2D eigenvalue weighted by atomic mass is 10.1. The van der Waals surface area contributed by atoms with E-state index in [9.17, 15) is 26.4 Å². The van der Waals surface area contributed by atoms with Gasteiger partial charge in [0.2, 0.25) is 0 Å². The van der Waals surface area contributed by atoms with Crippen LogP contribution < -0.4 is 14.4 Å². The third-order valence-corrected chi connectivity index (χ3v) is 7.59. The van der Waals surface area contributed by atoms with Crippen LogP contribution in [0.2, 0.25) is 0 Å². The first-order valence-electron chi connectivity index (χ1n) is 9.77. The number of sulfonamides is 1. The molecule has 0 atom stereocenters. The van der Waals surface area contributed by atoms with E-state index in [4.69, 9.17) is 4.74 Å². The maximum atomic E-state index is 13.2. The van der Waals surface area contributed by atoms with Crippen molar-refractivity contribution in [2.24, 2.45) is 0 Å². The molecule has 0 bridgehead atoms. The number of benzene rings is 2. The minimum absolute atomic E-state index is 0.0142. The van der Waals surface area contributed by atoms with Crippen molar-refractivity contribution in [3.63, 3.8) is 0 Å². The molecule has 6 nitrogen and oxygen atoms in total. The molecule has 0 saturated carbocycles. The molecule has 176 valence electrons. The zero-order chi connectivity index (χ0) is 24.2. The summed E-state index contributed by atoms with van der Waals surface area (Å²) in [6.45, 7) is 2.27. The number of carbonyl (C=O) groups excluding carboxylic acids is 1. The van der Waals surface area contributed by atoms with E-state index < -0.39 is 27.7 Å². The van der Waals surface area contributed by atoms with Crippen molar-refractivity contribution in [2.45, 2.75) is 24.5 Å². The number of hydrogen-bond donors (Lipinski definition) is 1. The van der Waals surface area contributed by atoms with Crippen LogP contribution >= 0.6 is 11.3 Å². The molecular formula is C22H21F3N2O4S2. The molecule has 0 unspecified atom stereocenters. The average Bonchev–Trinajstić information content (AvgIpc) is 3.28. The predicted molar refractivity (Wildman–Crippen MR) is 120 cm³/mol. The summed E-state index contributed by atoms with van der Waals surface area (Å²) in [6.07, 6.45) is -4.45. The molecule has 11 heteroatoms. The van der Waals surface area contributed by atoms with Crippen LogP contribution in [0.25, 0.3) is 0 Å². The van der Waals surface area contributed by atoms with E-state index in [1.54, 1.807) is 24.3 Å². The number of ether oxygens (including phenoxy) is 1. The van der Waals surface area contributed by atoms with Gasteiger partial charge in [-0.1, -0.05) is 12.1 Å². The summed E-state index contributed by atoms with van der Waals surface area (Å²) in [7, 11) is -2.66. The van der Waals surface area contributed by atoms with Crippen molar-refractivity contribution < 1.29 is 31.1 Å². The lowest BCUT2D eigenvalue weighted by Crippen LogP contribution is -2.29. The molecule has 1 aromatic heterocycles. The van der Waals surface area contributed by atoms with Crippen molar-refractivity contribution in [2.75, 3.05) is 18.0 Å². The molecule has 0 fully saturated rings. The van der Waals surface area contributed by atoms with E-state index in [-0.39, 0.29) is 16.3 Å². The van der Waals surface area contributed by atoms with Crippen LogP contribution in [0.4, 0.5) is 18.9 Å². The Kier molecular flexibility index (Phi) is 7.33. The van der Waals surface area contributed by atoms with Gasteiger partial charge in [-0.25, -0.2) is 8.42 Å². The SMILES string of the molecule is CCOc1ccc(N(C)S(=O)(=O)c2ccsc2C(=O)NCc2ccc(C(F)(F)F)cc2)cc1. The molecule has 1 heterocycles. The number of nitrogens with one attached hydrogen (secondary N) is 1. The highest BCUT2D eigenvalue weighted by molar-refractivity contribution is 7.93. The van der Waals surface area contributed by atoms with E-state index in [0.29, 0.717) is 23.6 Å². The van der Waals surface area contributed by atoms with Crippen LogP contribution in [0.1, 0.15) is 27.7 Å². The Morgan fingerprint density at radius 2 is 1.70 bits per heavy atom. The van der Waals surface area contributed by atoms with Crippen LogP contribution in [0.5, 0.6) is 5.75 Å². The van der Waals surface area contributed by atoms with E-state index in [2.05, 4.69) is 5.32 Å². The highest BCUT2D eigenvalue weighted by atomic mass is 32.2. The van der Waals surface area contributed by atoms with E-state index >= 15 is 0 Å². The first-order chi connectivity index (χ1) is 15.5. The summed E-state index contributed by atoms with van der Waals surface area (Å²) in [5.74, 6) is -0.0329. The molecule has 3 aromatic rings. The normalized spacial score (nSPS) is 11.8. The molecule has 0 aliphatic carbocycles. The fraction of sp³-hybridized carbons (Fsp3) is 0.227. The van der Waals surface area contributed by atoms with E-state index in [1.807, 2.05) is 6.92 Å². The van der Waals surface area contributed by atoms with Gasteiger partial charge in [-0.15, -0.1) is 11.3 Å². The zero-order valence-corrected chi connectivity index (χ0v) is 19.4. The summed E-state index contributed by atoms with van der Waals surface area (Å²) < 4.78 is 70.8. The fourth-order valence-corrected chi connectivity index (χ4v) is 5.46. The molecule has 0 aliphatic heterocycles. The molecule has 33 heavy (non-hydrogen) atoms. The molecule has 1 N–H and O–H groups in total. The Morgan fingerprint density at radius 1 is 1.06 bits per heavy atom. The first kappa shape index (κ1) is 24.6. The Bertz CT molecular complexity index is 1210. The fourth-order valence-electron chi connectivity index (χ4n) is 2.95. The molecule has 0 aliphatic rings. The Morgan fingerprint density at radius 3 is 2.27 bits per heavy atom. The minimum Gasteiger partial charge on any atom is -0.494 e. The van der Waals surface area contributed by atoms with Crippen LogP contribution in [0.3, 0.4) is 0 Å². The number of hydrogen-bond acceptors (Lipinski definition) is 5. The van der Waals surface area contributed by atoms with Crippen LogP contribution in [0.15, 0.2) is 64.9 Å². The molecule has 0 saturated heterocycles. The van der Waals surface area contributed by atoms with Gasteiger partial charge >= 0.3 is 6.18 Å². The van der Waals surface area contributed by atoms with Gasteiger partial charge in [-0.2, -0.15) is 13.2 Å². The van der Waals surface area contributed by atoms with Crippen molar-refractivity contribution >= 4 is 33.0 Å². The minimum atomic E-state index is -4.45. The smallest absolute Gasteiger partial charge is 0.416 e. The Balaban J connectivity index is 1.74. The number of nitrogens with zero attached hydrogens (tertiary/aromatic N) is 1. The van der Waals surface area contributed by atoms with E-state index in [1.165, 1.54) is 30.6 Å². The van der Waals surface area contributed by atoms with E-state index in [0.717, 1.165) is 27.8 Å². The van der Waals surface area contributed by atoms with Gasteiger partial charge < -0.3 is 10.1 Å². The van der Waals surface area contributed by atoms with Gasteiger partial charge in [0.1, 0.15) is 15.5 Å². The third kappa shape index (κ3) is 5.66. The number of anilines is 1. The van der Waals surface area contributed by atoms with Gasteiger partial charge in [0.15, 0.2) is 0 Å². The molecule has 0 radical (unpaired) electrons. The van der Waals surface area contributed by atoms with Crippen molar-refractivity contribution in [1.82, 2.24) is 5.32 Å². The second-order valence-corrected chi connectivity index (χ2v) is 9.74. The number of alkyl halides is 3. The summed E-state index contributed by atoms with van der Waals surface area (Å²) in [5, 5.41) is 4.06. The quantitative estimate of drug-likeness (QED) is 0.478. The molecule has 2 aromatic carbocycles. The maximum Gasteiger partial charge on any atom is 0.416 e. The maximum absolute atomic E-state index is 13.2. The Labute approximate surface area is 193 Å². The van der Waals surface area contributed by atoms with Gasteiger partial charge in [0.25, 0.3) is 15.9 Å². The number of thiophene rings is 1. The Hall–Kier alpha value is -3.05. The highest BCUT2D eigenvalue weighted by Gasteiger charge is 2.30. The van der Waals surface area contributed by atoms with Gasteiger partial charge in [0.05, 0.1) is 17.9 Å². The lowest BCUT2D eigenvalue weighted by molar-refractivity contribution is -0.137. The van der Waals surface area contributed by atoms with Crippen molar-refractivity contribution in [3.05, 3.63) is 76.0 Å². The predicted octanol–water partition coefficient (Wildman–Crippen LogP) is 4.92. The second-order valence-electron chi connectivity index (χ2n) is 6.89. The molecular weight excluding hydrogens is 477 g/mol. The first-order valence-corrected chi connectivity index (χ1v) is 12.1. The van der Waals surface area contributed by atoms with Crippen LogP contribution in [-0.2, 0) is 22.7 Å². The van der Waals surface area contributed by atoms with Gasteiger partial charge in [0, 0.05) is 13.6 Å². The van der Waals surface area contributed by atoms with Crippen molar-refractivity contribution in [3.8, 4) is 5.75 Å².